The molecule has 1 aromatic heterocycles. The van der Waals surface area contributed by atoms with Gasteiger partial charge in [0.05, 0.1) is 11.1 Å². The molecule has 106 valence electrons. The fourth-order valence-corrected chi connectivity index (χ4v) is 2.02. The summed E-state index contributed by atoms with van der Waals surface area (Å²) < 4.78 is 0. The van der Waals surface area contributed by atoms with Crippen molar-refractivity contribution < 1.29 is 4.79 Å². The fourth-order valence-electron chi connectivity index (χ4n) is 2.02. The molecule has 0 radical (unpaired) electrons. The lowest BCUT2D eigenvalue weighted by Crippen LogP contribution is -2.28. The first kappa shape index (κ1) is 14.3. The number of amides is 1. The number of para-hydroxylation sites is 1. The molecule has 0 saturated carbocycles. The van der Waals surface area contributed by atoms with Crippen LogP contribution in [0, 0.1) is 0 Å². The van der Waals surface area contributed by atoms with Crippen molar-refractivity contribution in [3.05, 3.63) is 35.9 Å². The maximum Gasteiger partial charge on any atom is 0.249 e. The summed E-state index contributed by atoms with van der Waals surface area (Å²) in [6.07, 6.45) is 0. The number of pyridine rings is 1. The molecule has 2 aromatic rings. The van der Waals surface area contributed by atoms with E-state index in [1.807, 2.05) is 24.3 Å². The number of nitrogens with zero attached hydrogens (tertiary/aromatic N) is 1. The molecular formula is C15H20N4O. The topological polar surface area (TPSA) is 80.0 Å². The molecule has 1 amide bonds. The maximum absolute atomic E-state index is 11.5. The zero-order valence-electron chi connectivity index (χ0n) is 11.8. The first-order chi connectivity index (χ1) is 9.58. The van der Waals surface area contributed by atoms with Crippen LogP contribution in [0.4, 0.5) is 5.82 Å². The average Bonchev–Trinajstić information content (AvgIpc) is 2.42. The highest BCUT2D eigenvalue weighted by molar-refractivity contribution is 6.06. The van der Waals surface area contributed by atoms with E-state index in [1.54, 1.807) is 6.07 Å². The molecule has 0 saturated heterocycles. The molecule has 2 rings (SSSR count). The first-order valence-electron chi connectivity index (χ1n) is 6.75. The summed E-state index contributed by atoms with van der Waals surface area (Å²) in [7, 11) is 0. The van der Waals surface area contributed by atoms with Crippen molar-refractivity contribution in [2.24, 2.45) is 5.73 Å². The fraction of sp³-hybridized carbons (Fsp3) is 0.333. The van der Waals surface area contributed by atoms with Crippen molar-refractivity contribution in [3.63, 3.8) is 0 Å². The number of fused-ring (bicyclic) bond motifs is 1. The molecule has 0 spiro atoms. The number of hydrogen-bond donors (Lipinski definition) is 3. The highest BCUT2D eigenvalue weighted by Gasteiger charge is 2.09. The number of nitrogens with two attached hydrogens (primary N) is 1. The van der Waals surface area contributed by atoms with Gasteiger partial charge in [0.1, 0.15) is 5.82 Å². The molecule has 4 N–H and O–H groups in total. The standard InChI is InChI=1S/C15H20N4O/c1-10(2)17-7-8-18-14-9-12(15(16)20)11-5-3-4-6-13(11)19-14/h3-6,9-10,17H,7-8H2,1-2H3,(H2,16,20)(H,18,19). The zero-order valence-corrected chi connectivity index (χ0v) is 11.8. The van der Waals surface area contributed by atoms with Crippen LogP contribution in [0.2, 0.25) is 0 Å². The Morgan fingerprint density at radius 2 is 2.05 bits per heavy atom. The van der Waals surface area contributed by atoms with Gasteiger partial charge in [-0.1, -0.05) is 32.0 Å². The van der Waals surface area contributed by atoms with Crippen LogP contribution in [0.3, 0.4) is 0 Å². The lowest BCUT2D eigenvalue weighted by atomic mass is 10.1. The molecule has 0 aliphatic carbocycles. The van der Waals surface area contributed by atoms with Crippen LogP contribution in [0.15, 0.2) is 30.3 Å². The van der Waals surface area contributed by atoms with E-state index in [2.05, 4.69) is 29.5 Å². The van der Waals surface area contributed by atoms with Gasteiger partial charge in [-0.25, -0.2) is 4.98 Å². The highest BCUT2D eigenvalue weighted by atomic mass is 16.1. The third-order valence-corrected chi connectivity index (χ3v) is 2.97. The van der Waals surface area contributed by atoms with Gasteiger partial charge in [-0.3, -0.25) is 4.79 Å². The second kappa shape index (κ2) is 6.34. The lowest BCUT2D eigenvalue weighted by molar-refractivity contribution is 0.100. The van der Waals surface area contributed by atoms with Crippen molar-refractivity contribution >= 4 is 22.6 Å². The number of rotatable bonds is 6. The molecule has 0 aliphatic rings. The molecule has 1 aromatic carbocycles. The summed E-state index contributed by atoms with van der Waals surface area (Å²) in [5, 5.41) is 7.30. The van der Waals surface area contributed by atoms with Crippen molar-refractivity contribution in [1.29, 1.82) is 0 Å². The molecule has 0 unspecified atom stereocenters. The minimum atomic E-state index is -0.438. The normalized spacial score (nSPS) is 10.9. The number of primary amides is 1. The van der Waals surface area contributed by atoms with E-state index >= 15 is 0 Å². The SMILES string of the molecule is CC(C)NCCNc1cc(C(N)=O)c2ccccc2n1. The van der Waals surface area contributed by atoms with E-state index in [4.69, 9.17) is 5.73 Å². The van der Waals surface area contributed by atoms with Crippen molar-refractivity contribution in [2.45, 2.75) is 19.9 Å². The molecule has 5 nitrogen and oxygen atoms in total. The van der Waals surface area contributed by atoms with Crippen LogP contribution in [-0.4, -0.2) is 30.0 Å². The van der Waals surface area contributed by atoms with E-state index in [-0.39, 0.29) is 0 Å². The summed E-state index contributed by atoms with van der Waals surface area (Å²) in [4.78, 5) is 16.0. The van der Waals surface area contributed by atoms with Crippen LogP contribution in [0.25, 0.3) is 10.9 Å². The Kier molecular flexibility index (Phi) is 4.53. The number of nitrogens with one attached hydrogen (secondary N) is 2. The summed E-state index contributed by atoms with van der Waals surface area (Å²) in [5.41, 5.74) is 6.70. The zero-order chi connectivity index (χ0) is 14.5. The molecule has 20 heavy (non-hydrogen) atoms. The van der Waals surface area contributed by atoms with E-state index in [9.17, 15) is 4.79 Å². The Labute approximate surface area is 118 Å². The molecular weight excluding hydrogens is 252 g/mol. The Morgan fingerprint density at radius 3 is 2.75 bits per heavy atom. The van der Waals surface area contributed by atoms with Crippen molar-refractivity contribution in [2.75, 3.05) is 18.4 Å². The Morgan fingerprint density at radius 1 is 1.30 bits per heavy atom. The molecule has 0 aliphatic heterocycles. The predicted octanol–water partition coefficient (Wildman–Crippen LogP) is 1.74. The van der Waals surface area contributed by atoms with Gasteiger partial charge in [0.2, 0.25) is 5.91 Å². The molecule has 1 heterocycles. The van der Waals surface area contributed by atoms with Gasteiger partial charge in [0, 0.05) is 24.5 Å². The van der Waals surface area contributed by atoms with Crippen LogP contribution < -0.4 is 16.4 Å². The van der Waals surface area contributed by atoms with Gasteiger partial charge < -0.3 is 16.4 Å². The molecule has 0 fully saturated rings. The van der Waals surface area contributed by atoms with Crippen LogP contribution in [0.1, 0.15) is 24.2 Å². The second-order valence-electron chi connectivity index (χ2n) is 4.97. The van der Waals surface area contributed by atoms with Crippen LogP contribution in [0.5, 0.6) is 0 Å². The van der Waals surface area contributed by atoms with Crippen LogP contribution >= 0.6 is 0 Å². The smallest absolute Gasteiger partial charge is 0.249 e. The largest absolute Gasteiger partial charge is 0.369 e. The van der Waals surface area contributed by atoms with Gasteiger partial charge in [-0.15, -0.1) is 0 Å². The quantitative estimate of drug-likeness (QED) is 0.700. The Balaban J connectivity index is 2.20. The first-order valence-corrected chi connectivity index (χ1v) is 6.75. The minimum absolute atomic E-state index is 0.438. The average molecular weight is 272 g/mol. The number of carbonyl (C=O) groups excluding carboxylic acids is 1. The minimum Gasteiger partial charge on any atom is -0.369 e. The molecule has 5 heteroatoms. The monoisotopic (exact) mass is 272 g/mol. The number of carbonyl (C=O) groups is 1. The number of anilines is 1. The van der Waals surface area contributed by atoms with Crippen molar-refractivity contribution in [1.82, 2.24) is 10.3 Å². The van der Waals surface area contributed by atoms with Gasteiger partial charge in [0.15, 0.2) is 0 Å². The number of aromatic nitrogens is 1. The second-order valence-corrected chi connectivity index (χ2v) is 4.97. The predicted molar refractivity (Wildman–Crippen MR) is 81.9 cm³/mol. The van der Waals surface area contributed by atoms with Gasteiger partial charge in [-0.05, 0) is 12.1 Å². The van der Waals surface area contributed by atoms with Gasteiger partial charge in [-0.2, -0.15) is 0 Å². The lowest BCUT2D eigenvalue weighted by Gasteiger charge is -2.11. The van der Waals surface area contributed by atoms with Gasteiger partial charge in [0.25, 0.3) is 0 Å². The highest BCUT2D eigenvalue weighted by Crippen LogP contribution is 2.20. The summed E-state index contributed by atoms with van der Waals surface area (Å²) in [5.74, 6) is 0.231. The number of benzene rings is 1. The van der Waals surface area contributed by atoms with E-state index < -0.39 is 5.91 Å². The maximum atomic E-state index is 11.5. The van der Waals surface area contributed by atoms with Crippen molar-refractivity contribution in [3.8, 4) is 0 Å². The third kappa shape index (κ3) is 3.45. The molecule has 0 atom stereocenters. The summed E-state index contributed by atoms with van der Waals surface area (Å²) in [6, 6.07) is 9.65. The summed E-state index contributed by atoms with van der Waals surface area (Å²) >= 11 is 0. The van der Waals surface area contributed by atoms with E-state index in [0.717, 1.165) is 24.0 Å². The molecule has 0 bridgehead atoms. The third-order valence-electron chi connectivity index (χ3n) is 2.97. The Hall–Kier alpha value is -2.14. The van der Waals surface area contributed by atoms with E-state index in [1.165, 1.54) is 0 Å². The van der Waals surface area contributed by atoms with Crippen LogP contribution in [-0.2, 0) is 0 Å². The Bertz CT molecular complexity index is 610. The van der Waals surface area contributed by atoms with Gasteiger partial charge >= 0.3 is 0 Å². The summed E-state index contributed by atoms with van der Waals surface area (Å²) in [6.45, 7) is 5.76. The number of hydrogen-bond acceptors (Lipinski definition) is 4. The van der Waals surface area contributed by atoms with E-state index in [0.29, 0.717) is 17.4 Å².